The predicted octanol–water partition coefficient (Wildman–Crippen LogP) is 1.17. The molecule has 1 aliphatic rings. The topological polar surface area (TPSA) is 67.2 Å². The molecule has 0 atom stereocenters. The van der Waals surface area contributed by atoms with E-state index in [4.69, 9.17) is 0 Å². The highest BCUT2D eigenvalue weighted by Gasteiger charge is 2.23. The van der Waals surface area contributed by atoms with Gasteiger partial charge in [0, 0.05) is 31.7 Å². The third-order valence-corrected chi connectivity index (χ3v) is 4.37. The number of piperazine rings is 1. The molecule has 1 saturated heterocycles. The summed E-state index contributed by atoms with van der Waals surface area (Å²) in [5.41, 5.74) is 0.860. The lowest BCUT2D eigenvalue weighted by Crippen LogP contribution is -2.54. The zero-order valence-corrected chi connectivity index (χ0v) is 13.7. The molecule has 126 valence electrons. The lowest BCUT2D eigenvalue weighted by atomic mass is 10.1. The summed E-state index contributed by atoms with van der Waals surface area (Å²) in [5.74, 6) is -0.0845. The van der Waals surface area contributed by atoms with Gasteiger partial charge < -0.3 is 10.3 Å². The highest BCUT2D eigenvalue weighted by Crippen LogP contribution is 2.13. The second-order valence-corrected chi connectivity index (χ2v) is 5.97. The number of para-hydroxylation sites is 1. The van der Waals surface area contributed by atoms with Gasteiger partial charge in [0.15, 0.2) is 0 Å². The van der Waals surface area contributed by atoms with Crippen molar-refractivity contribution in [2.75, 3.05) is 31.2 Å². The molecule has 1 fully saturated rings. The number of fused-ring (bicyclic) bond motifs is 1. The lowest BCUT2D eigenvalue weighted by molar-refractivity contribution is 0.102. The number of carbonyl (C=O) groups excluding carboxylic acids is 1. The molecule has 4 rings (SSSR count). The van der Waals surface area contributed by atoms with Crippen LogP contribution in [0.1, 0.15) is 16.2 Å². The number of nitrogens with zero attached hydrogens (tertiary/aromatic N) is 3. The van der Waals surface area contributed by atoms with Crippen LogP contribution in [-0.4, -0.2) is 41.6 Å². The molecule has 1 aromatic heterocycles. The second kappa shape index (κ2) is 6.49. The van der Waals surface area contributed by atoms with Crippen LogP contribution in [0.4, 0.5) is 0 Å². The van der Waals surface area contributed by atoms with Gasteiger partial charge in [-0.3, -0.25) is 9.59 Å². The van der Waals surface area contributed by atoms with Gasteiger partial charge in [0.25, 0.3) is 5.56 Å². The smallest absolute Gasteiger partial charge is 0.280 e. The Bertz CT molecular complexity index is 976. The second-order valence-electron chi connectivity index (χ2n) is 5.97. The average Bonchev–Trinajstić information content (AvgIpc) is 2.69. The van der Waals surface area contributed by atoms with E-state index in [1.165, 1.54) is 4.68 Å². The highest BCUT2D eigenvalue weighted by molar-refractivity contribution is 6.07. The van der Waals surface area contributed by atoms with Gasteiger partial charge in [-0.2, -0.15) is 4.68 Å². The maximum atomic E-state index is 13.1. The Morgan fingerprint density at radius 3 is 2.40 bits per heavy atom. The van der Waals surface area contributed by atoms with E-state index in [9.17, 15) is 9.59 Å². The predicted molar refractivity (Wildman–Crippen MR) is 96.7 cm³/mol. The molecule has 6 heteroatoms. The van der Waals surface area contributed by atoms with Crippen LogP contribution in [0, 0.1) is 0 Å². The molecule has 0 amide bonds. The molecule has 0 saturated carbocycles. The van der Waals surface area contributed by atoms with Crippen LogP contribution in [0.2, 0.25) is 0 Å². The Hall–Kier alpha value is -2.99. The summed E-state index contributed by atoms with van der Waals surface area (Å²) in [4.78, 5) is 30.7. The van der Waals surface area contributed by atoms with Gasteiger partial charge in [-0.25, -0.2) is 4.98 Å². The maximum absolute atomic E-state index is 13.1. The third-order valence-electron chi connectivity index (χ3n) is 4.37. The number of carbonyl (C=O) groups is 1. The fourth-order valence-corrected chi connectivity index (χ4v) is 3.10. The van der Waals surface area contributed by atoms with E-state index in [2.05, 4.69) is 10.3 Å². The van der Waals surface area contributed by atoms with E-state index in [1.807, 2.05) is 35.3 Å². The van der Waals surface area contributed by atoms with Gasteiger partial charge in [0.1, 0.15) is 0 Å². The quantitative estimate of drug-likeness (QED) is 0.728. The molecule has 2 aromatic carbocycles. The van der Waals surface area contributed by atoms with Crippen molar-refractivity contribution in [2.24, 2.45) is 0 Å². The first kappa shape index (κ1) is 15.5. The molecule has 0 radical (unpaired) electrons. The Morgan fingerprint density at radius 2 is 1.64 bits per heavy atom. The largest absolute Gasteiger partial charge is 0.313 e. The zero-order valence-electron chi connectivity index (χ0n) is 13.7. The van der Waals surface area contributed by atoms with Crippen LogP contribution in [0.3, 0.4) is 0 Å². The van der Waals surface area contributed by atoms with Crippen LogP contribution in [-0.2, 0) is 0 Å². The van der Waals surface area contributed by atoms with Crippen molar-refractivity contribution in [2.45, 2.75) is 0 Å². The number of nitrogens with one attached hydrogen (secondary N) is 1. The number of hydrogen-bond acceptors (Lipinski definition) is 5. The normalized spacial score (nSPS) is 14.6. The Morgan fingerprint density at radius 1 is 0.960 bits per heavy atom. The van der Waals surface area contributed by atoms with Crippen molar-refractivity contribution >= 4 is 16.7 Å². The molecule has 0 spiro atoms. The number of rotatable bonds is 3. The molecular weight excluding hydrogens is 316 g/mol. The molecule has 0 unspecified atom stereocenters. The highest BCUT2D eigenvalue weighted by atomic mass is 16.2. The first-order valence-corrected chi connectivity index (χ1v) is 8.33. The molecule has 1 N–H and O–H groups in total. The minimum atomic E-state index is -0.248. The average molecular weight is 334 g/mol. The lowest BCUT2D eigenvalue weighted by Gasteiger charge is -2.31. The SMILES string of the molecule is O=C(c1ccccc1)c1nc2ccccc2c(=O)n1N1CCNCC1. The van der Waals surface area contributed by atoms with Crippen LogP contribution < -0.4 is 15.9 Å². The number of aromatic nitrogens is 2. The van der Waals surface area contributed by atoms with E-state index in [1.54, 1.807) is 24.3 Å². The van der Waals surface area contributed by atoms with E-state index in [0.29, 0.717) is 29.6 Å². The molecule has 25 heavy (non-hydrogen) atoms. The number of ketones is 1. The van der Waals surface area contributed by atoms with Gasteiger partial charge in [0.05, 0.1) is 10.9 Å². The van der Waals surface area contributed by atoms with E-state index in [-0.39, 0.29) is 17.2 Å². The summed E-state index contributed by atoms with van der Waals surface area (Å²) < 4.78 is 1.46. The van der Waals surface area contributed by atoms with Crippen molar-refractivity contribution < 1.29 is 4.79 Å². The fourth-order valence-electron chi connectivity index (χ4n) is 3.10. The number of benzene rings is 2. The van der Waals surface area contributed by atoms with Gasteiger partial charge in [-0.1, -0.05) is 42.5 Å². The van der Waals surface area contributed by atoms with Gasteiger partial charge in [0.2, 0.25) is 11.6 Å². The van der Waals surface area contributed by atoms with Gasteiger partial charge in [-0.15, -0.1) is 0 Å². The Kier molecular flexibility index (Phi) is 4.03. The molecule has 0 bridgehead atoms. The third kappa shape index (κ3) is 2.81. The van der Waals surface area contributed by atoms with Crippen LogP contribution >= 0.6 is 0 Å². The van der Waals surface area contributed by atoms with Crippen molar-refractivity contribution in [3.63, 3.8) is 0 Å². The Balaban J connectivity index is 1.94. The monoisotopic (exact) mass is 334 g/mol. The standard InChI is InChI=1S/C19H18N4O2/c24-17(14-6-2-1-3-7-14)18-21-16-9-5-4-8-15(16)19(25)23(18)22-12-10-20-11-13-22/h1-9,20H,10-13H2. The summed E-state index contributed by atoms with van der Waals surface area (Å²) in [5, 5.41) is 5.68. The summed E-state index contributed by atoms with van der Waals surface area (Å²) in [6, 6.07) is 16.1. The molecule has 2 heterocycles. The molecule has 1 aliphatic heterocycles. The van der Waals surface area contributed by atoms with Crippen molar-refractivity contribution in [1.29, 1.82) is 0 Å². The summed E-state index contributed by atoms with van der Waals surface area (Å²) in [7, 11) is 0. The fraction of sp³-hybridized carbons (Fsp3) is 0.211. The summed E-state index contributed by atoms with van der Waals surface area (Å²) >= 11 is 0. The molecular formula is C19H18N4O2. The summed E-state index contributed by atoms with van der Waals surface area (Å²) in [6.07, 6.45) is 0. The Labute approximate surface area is 144 Å². The van der Waals surface area contributed by atoms with Crippen LogP contribution in [0.5, 0.6) is 0 Å². The van der Waals surface area contributed by atoms with Gasteiger partial charge in [-0.05, 0) is 12.1 Å². The van der Waals surface area contributed by atoms with Crippen molar-refractivity contribution in [1.82, 2.24) is 15.0 Å². The maximum Gasteiger partial charge on any atom is 0.280 e. The molecule has 6 nitrogen and oxygen atoms in total. The summed E-state index contributed by atoms with van der Waals surface area (Å²) in [6.45, 7) is 2.82. The van der Waals surface area contributed by atoms with Crippen LogP contribution in [0.25, 0.3) is 10.9 Å². The minimum Gasteiger partial charge on any atom is -0.313 e. The van der Waals surface area contributed by atoms with Gasteiger partial charge >= 0.3 is 0 Å². The zero-order chi connectivity index (χ0) is 17.2. The molecule has 0 aliphatic carbocycles. The minimum absolute atomic E-state index is 0.164. The van der Waals surface area contributed by atoms with E-state index in [0.717, 1.165) is 13.1 Å². The van der Waals surface area contributed by atoms with Crippen LogP contribution in [0.15, 0.2) is 59.4 Å². The first-order chi connectivity index (χ1) is 12.3. The first-order valence-electron chi connectivity index (χ1n) is 8.33. The molecule has 3 aromatic rings. The van der Waals surface area contributed by atoms with E-state index >= 15 is 0 Å². The number of hydrogen-bond donors (Lipinski definition) is 1. The van der Waals surface area contributed by atoms with Crippen molar-refractivity contribution in [3.8, 4) is 0 Å². The van der Waals surface area contributed by atoms with Crippen molar-refractivity contribution in [3.05, 3.63) is 76.3 Å². The van der Waals surface area contributed by atoms with E-state index < -0.39 is 0 Å².